The van der Waals surface area contributed by atoms with Crippen LogP contribution in [0.3, 0.4) is 0 Å². The normalized spacial score (nSPS) is 15.2. The summed E-state index contributed by atoms with van der Waals surface area (Å²) < 4.78 is 0. The lowest BCUT2D eigenvalue weighted by Crippen LogP contribution is -2.23. The minimum atomic E-state index is 0.464. The minimum Gasteiger partial charge on any atom is -0.351 e. The van der Waals surface area contributed by atoms with Crippen molar-refractivity contribution >= 4 is 5.95 Å². The predicted octanol–water partition coefficient (Wildman–Crippen LogP) is 3.68. The first-order valence-corrected chi connectivity index (χ1v) is 7.91. The van der Waals surface area contributed by atoms with Gasteiger partial charge in [-0.2, -0.15) is 5.26 Å². The maximum absolute atomic E-state index is 9.26. The number of rotatable bonds is 4. The number of benzene rings is 1. The van der Waals surface area contributed by atoms with Crippen LogP contribution in [0, 0.1) is 11.3 Å². The zero-order valence-corrected chi connectivity index (χ0v) is 12.6. The lowest BCUT2D eigenvalue weighted by atomic mass is 9.96. The van der Waals surface area contributed by atoms with Crippen LogP contribution in [0.25, 0.3) is 0 Å². The highest BCUT2D eigenvalue weighted by Gasteiger charge is 2.15. The molecule has 4 nitrogen and oxygen atoms in total. The number of nitriles is 1. The highest BCUT2D eigenvalue weighted by Crippen LogP contribution is 2.21. The van der Waals surface area contributed by atoms with Crippen LogP contribution in [0.1, 0.15) is 48.9 Å². The standard InChI is InChI=1S/C18H20N4/c19-12-15-13-20-18(21-16-9-5-2-6-10-16)22-17(15)11-14-7-3-1-4-8-14/h1,3-4,7-8,13,16H,2,5-6,9-11H2,(H,20,21,22). The van der Waals surface area contributed by atoms with Gasteiger partial charge >= 0.3 is 0 Å². The molecule has 0 radical (unpaired) electrons. The molecule has 1 aromatic carbocycles. The van der Waals surface area contributed by atoms with E-state index in [0.717, 1.165) is 11.3 Å². The molecule has 1 aromatic heterocycles. The van der Waals surface area contributed by atoms with Crippen molar-refractivity contribution in [2.24, 2.45) is 0 Å². The van der Waals surface area contributed by atoms with E-state index in [1.165, 1.54) is 32.1 Å². The van der Waals surface area contributed by atoms with Gasteiger partial charge in [0.25, 0.3) is 0 Å². The molecule has 1 aliphatic carbocycles. The zero-order valence-electron chi connectivity index (χ0n) is 12.6. The van der Waals surface area contributed by atoms with E-state index in [0.29, 0.717) is 24.0 Å². The van der Waals surface area contributed by atoms with Gasteiger partial charge in [-0.05, 0) is 18.4 Å². The average Bonchev–Trinajstić information content (AvgIpc) is 2.57. The highest BCUT2D eigenvalue weighted by molar-refractivity contribution is 5.39. The Kier molecular flexibility index (Phi) is 4.65. The van der Waals surface area contributed by atoms with E-state index < -0.39 is 0 Å². The lowest BCUT2D eigenvalue weighted by Gasteiger charge is -2.22. The molecule has 0 amide bonds. The third-order valence-electron chi connectivity index (χ3n) is 4.14. The summed E-state index contributed by atoms with van der Waals surface area (Å²) in [5.41, 5.74) is 2.50. The summed E-state index contributed by atoms with van der Waals surface area (Å²) in [5, 5.41) is 12.7. The Morgan fingerprint density at radius 2 is 1.91 bits per heavy atom. The van der Waals surface area contributed by atoms with Gasteiger partial charge in [0.1, 0.15) is 6.07 Å². The van der Waals surface area contributed by atoms with Crippen LogP contribution < -0.4 is 5.32 Å². The van der Waals surface area contributed by atoms with Crippen LogP contribution in [0.5, 0.6) is 0 Å². The van der Waals surface area contributed by atoms with E-state index in [-0.39, 0.29) is 0 Å². The number of aromatic nitrogens is 2. The van der Waals surface area contributed by atoms with Crippen LogP contribution in [-0.2, 0) is 6.42 Å². The van der Waals surface area contributed by atoms with Crippen molar-refractivity contribution in [3.05, 3.63) is 53.3 Å². The summed E-state index contributed by atoms with van der Waals surface area (Å²) >= 11 is 0. The van der Waals surface area contributed by atoms with Crippen molar-refractivity contribution in [2.45, 2.75) is 44.6 Å². The van der Waals surface area contributed by atoms with Crippen molar-refractivity contribution < 1.29 is 0 Å². The summed E-state index contributed by atoms with van der Waals surface area (Å²) in [6, 6.07) is 12.8. The van der Waals surface area contributed by atoms with Gasteiger partial charge in [0, 0.05) is 12.5 Å². The van der Waals surface area contributed by atoms with E-state index in [4.69, 9.17) is 0 Å². The summed E-state index contributed by atoms with van der Waals surface area (Å²) in [6.45, 7) is 0. The predicted molar refractivity (Wildman–Crippen MR) is 86.5 cm³/mol. The molecule has 0 unspecified atom stereocenters. The summed E-state index contributed by atoms with van der Waals surface area (Å²) in [4.78, 5) is 8.89. The van der Waals surface area contributed by atoms with Gasteiger partial charge in [-0.3, -0.25) is 0 Å². The fourth-order valence-corrected chi connectivity index (χ4v) is 2.93. The number of hydrogen-bond acceptors (Lipinski definition) is 4. The molecule has 0 atom stereocenters. The van der Waals surface area contributed by atoms with Crippen LogP contribution in [-0.4, -0.2) is 16.0 Å². The number of nitrogens with zero attached hydrogens (tertiary/aromatic N) is 3. The molecule has 112 valence electrons. The van der Waals surface area contributed by atoms with E-state index in [2.05, 4.69) is 33.5 Å². The Morgan fingerprint density at radius 3 is 2.64 bits per heavy atom. The van der Waals surface area contributed by atoms with Crippen LogP contribution >= 0.6 is 0 Å². The minimum absolute atomic E-state index is 0.464. The van der Waals surface area contributed by atoms with E-state index in [1.54, 1.807) is 6.20 Å². The molecule has 0 saturated heterocycles. The van der Waals surface area contributed by atoms with Crippen LogP contribution in [0.2, 0.25) is 0 Å². The first kappa shape index (κ1) is 14.5. The van der Waals surface area contributed by atoms with Gasteiger partial charge in [0.15, 0.2) is 0 Å². The van der Waals surface area contributed by atoms with Gasteiger partial charge in [-0.25, -0.2) is 9.97 Å². The van der Waals surface area contributed by atoms with Crippen molar-refractivity contribution in [3.63, 3.8) is 0 Å². The zero-order chi connectivity index (χ0) is 15.2. The van der Waals surface area contributed by atoms with E-state index in [1.807, 2.05) is 18.2 Å². The third-order valence-corrected chi connectivity index (χ3v) is 4.14. The summed E-state index contributed by atoms with van der Waals surface area (Å²) in [7, 11) is 0. The van der Waals surface area contributed by atoms with Gasteiger partial charge < -0.3 is 5.32 Å². The maximum Gasteiger partial charge on any atom is 0.223 e. The first-order chi connectivity index (χ1) is 10.8. The SMILES string of the molecule is N#Cc1cnc(NC2CCCCC2)nc1Cc1ccccc1. The van der Waals surface area contributed by atoms with Gasteiger partial charge in [0.2, 0.25) is 5.95 Å². The largest absolute Gasteiger partial charge is 0.351 e. The molecule has 22 heavy (non-hydrogen) atoms. The quantitative estimate of drug-likeness (QED) is 0.933. The second-order valence-corrected chi connectivity index (χ2v) is 5.81. The molecule has 0 aliphatic heterocycles. The third kappa shape index (κ3) is 3.62. The fourth-order valence-electron chi connectivity index (χ4n) is 2.93. The average molecular weight is 292 g/mol. The monoisotopic (exact) mass is 292 g/mol. The van der Waals surface area contributed by atoms with E-state index >= 15 is 0 Å². The summed E-state index contributed by atoms with van der Waals surface area (Å²) in [6.07, 6.45) is 8.51. The Hall–Kier alpha value is -2.41. The number of anilines is 1. The number of nitrogens with one attached hydrogen (secondary N) is 1. The van der Waals surface area contributed by atoms with Crippen molar-refractivity contribution in [2.75, 3.05) is 5.32 Å². The Balaban J connectivity index is 1.78. The fraction of sp³-hybridized carbons (Fsp3) is 0.389. The molecule has 1 saturated carbocycles. The Morgan fingerprint density at radius 1 is 1.14 bits per heavy atom. The van der Waals surface area contributed by atoms with Crippen molar-refractivity contribution in [1.29, 1.82) is 5.26 Å². The lowest BCUT2D eigenvalue weighted by molar-refractivity contribution is 0.460. The molecule has 0 bridgehead atoms. The maximum atomic E-state index is 9.26. The molecule has 1 aliphatic rings. The molecule has 1 heterocycles. The van der Waals surface area contributed by atoms with Crippen molar-refractivity contribution in [3.8, 4) is 6.07 Å². The molecule has 2 aromatic rings. The van der Waals surface area contributed by atoms with Crippen LogP contribution in [0.15, 0.2) is 36.5 Å². The molecule has 0 spiro atoms. The van der Waals surface area contributed by atoms with Crippen LogP contribution in [0.4, 0.5) is 5.95 Å². The highest BCUT2D eigenvalue weighted by atomic mass is 15.1. The van der Waals surface area contributed by atoms with Gasteiger partial charge in [-0.15, -0.1) is 0 Å². The Bertz CT molecular complexity index is 655. The molecule has 3 rings (SSSR count). The molecule has 1 fully saturated rings. The molecular formula is C18H20N4. The second kappa shape index (κ2) is 7.04. The second-order valence-electron chi connectivity index (χ2n) is 5.81. The molecule has 1 N–H and O–H groups in total. The van der Waals surface area contributed by atoms with Gasteiger partial charge in [0.05, 0.1) is 17.5 Å². The van der Waals surface area contributed by atoms with E-state index in [9.17, 15) is 5.26 Å². The number of hydrogen-bond donors (Lipinski definition) is 1. The Labute approximate surface area is 131 Å². The topological polar surface area (TPSA) is 61.6 Å². The summed E-state index contributed by atoms with van der Waals surface area (Å²) in [5.74, 6) is 0.650. The van der Waals surface area contributed by atoms with Crippen molar-refractivity contribution in [1.82, 2.24) is 9.97 Å². The van der Waals surface area contributed by atoms with Gasteiger partial charge in [-0.1, -0.05) is 49.6 Å². The smallest absolute Gasteiger partial charge is 0.223 e. The molecule has 4 heteroatoms. The molecular weight excluding hydrogens is 272 g/mol. The first-order valence-electron chi connectivity index (χ1n) is 7.91.